The number of aromatic nitrogens is 3. The summed E-state index contributed by atoms with van der Waals surface area (Å²) in [7, 11) is 0. The summed E-state index contributed by atoms with van der Waals surface area (Å²) < 4.78 is 0. The minimum atomic E-state index is -0.185. The van der Waals surface area contributed by atoms with E-state index < -0.39 is 0 Å². The second-order valence-corrected chi connectivity index (χ2v) is 9.15. The van der Waals surface area contributed by atoms with Gasteiger partial charge in [-0.2, -0.15) is 10.2 Å². The highest BCUT2D eigenvalue weighted by Gasteiger charge is 2.30. The molecule has 6 nitrogen and oxygen atoms in total. The van der Waals surface area contributed by atoms with Gasteiger partial charge in [0, 0.05) is 36.1 Å². The summed E-state index contributed by atoms with van der Waals surface area (Å²) in [6.45, 7) is 5.95. The second-order valence-electron chi connectivity index (χ2n) is 9.15. The number of nitrogens with one attached hydrogen (secondary N) is 1. The zero-order valence-corrected chi connectivity index (χ0v) is 18.4. The molecule has 2 atom stereocenters. The first-order chi connectivity index (χ1) is 15.1. The van der Waals surface area contributed by atoms with Crippen LogP contribution in [0, 0.1) is 13.8 Å². The Balaban J connectivity index is 1.42. The monoisotopic (exact) mass is 417 g/mol. The van der Waals surface area contributed by atoms with Crippen LogP contribution in [0.3, 0.4) is 0 Å². The van der Waals surface area contributed by atoms with Gasteiger partial charge in [-0.1, -0.05) is 11.6 Å². The molecule has 0 radical (unpaired) electrons. The Hall–Kier alpha value is -2.57. The maximum absolute atomic E-state index is 10.2. The molecule has 1 saturated heterocycles. The van der Waals surface area contributed by atoms with E-state index in [0.29, 0.717) is 6.04 Å². The molecule has 31 heavy (non-hydrogen) atoms. The summed E-state index contributed by atoms with van der Waals surface area (Å²) in [5.74, 6) is 0.994. The summed E-state index contributed by atoms with van der Waals surface area (Å²) in [6.07, 6.45) is 5.06. The van der Waals surface area contributed by atoms with Crippen LogP contribution in [-0.4, -0.2) is 51.6 Å². The molecule has 1 saturated carbocycles. The molecule has 2 fully saturated rings. The number of hydrogen-bond donors (Lipinski definition) is 2. The molecule has 0 bridgehead atoms. The maximum Gasteiger partial charge on any atom is 0.138 e. The molecule has 6 heteroatoms. The van der Waals surface area contributed by atoms with Gasteiger partial charge in [0.1, 0.15) is 5.82 Å². The predicted octanol–water partition coefficient (Wildman–Crippen LogP) is 3.78. The molecule has 2 N–H and O–H groups in total. The molecule has 3 heterocycles. The molecule has 162 valence electrons. The zero-order valence-electron chi connectivity index (χ0n) is 18.4. The van der Waals surface area contributed by atoms with Crippen molar-refractivity contribution in [3.8, 4) is 11.3 Å². The number of aryl methyl sites for hydroxylation is 2. The first-order valence-corrected chi connectivity index (χ1v) is 11.5. The lowest BCUT2D eigenvalue weighted by atomic mass is 10.0. The lowest BCUT2D eigenvalue weighted by Gasteiger charge is -2.36. The van der Waals surface area contributed by atoms with Crippen LogP contribution in [0.4, 0.5) is 5.82 Å². The van der Waals surface area contributed by atoms with Crippen LogP contribution >= 0.6 is 0 Å². The molecule has 0 unspecified atom stereocenters. The van der Waals surface area contributed by atoms with Gasteiger partial charge >= 0.3 is 0 Å². The van der Waals surface area contributed by atoms with Crippen molar-refractivity contribution >= 4 is 16.7 Å². The van der Waals surface area contributed by atoms with Gasteiger partial charge in [-0.15, -0.1) is 0 Å². The van der Waals surface area contributed by atoms with Gasteiger partial charge in [0.15, 0.2) is 0 Å². The Bertz CT molecular complexity index is 1060. The third kappa shape index (κ3) is 4.27. The highest BCUT2D eigenvalue weighted by Crippen LogP contribution is 2.33. The van der Waals surface area contributed by atoms with E-state index in [1.165, 1.54) is 5.56 Å². The Labute approximate surface area is 183 Å². The molecule has 2 aromatic heterocycles. The standard InChI is InChI=1S/C25H31N5O/c1-16-6-8-21-18(14-16)15-20(22-9-7-17(2)28-29-22)25(27-21)30-12-10-19(11-13-30)26-23-4-3-5-24(23)31/h6-9,14-15,19,23-24,26,31H,3-5,10-13H2,1-2H3/t23-,24-/m0/s1. The number of benzene rings is 1. The fourth-order valence-corrected chi connectivity index (χ4v) is 4.95. The minimum absolute atomic E-state index is 0.185. The lowest BCUT2D eigenvalue weighted by Crippen LogP contribution is -2.48. The SMILES string of the molecule is Cc1ccc2nc(N3CCC(N[C@H]4CCC[C@@H]4O)CC3)c(-c3ccc(C)nn3)cc2c1. The van der Waals surface area contributed by atoms with Crippen LogP contribution in [0.15, 0.2) is 36.4 Å². The molecule has 1 aliphatic carbocycles. The predicted molar refractivity (Wildman–Crippen MR) is 124 cm³/mol. The van der Waals surface area contributed by atoms with Crippen molar-refractivity contribution in [1.82, 2.24) is 20.5 Å². The van der Waals surface area contributed by atoms with Crippen molar-refractivity contribution in [2.45, 2.75) is 64.1 Å². The van der Waals surface area contributed by atoms with E-state index in [4.69, 9.17) is 4.98 Å². The van der Waals surface area contributed by atoms with Gasteiger partial charge in [-0.05, 0) is 76.3 Å². The van der Waals surface area contributed by atoms with E-state index >= 15 is 0 Å². The molecular weight excluding hydrogens is 386 g/mol. The van der Waals surface area contributed by atoms with Crippen LogP contribution in [0.1, 0.15) is 43.4 Å². The van der Waals surface area contributed by atoms with Crippen molar-refractivity contribution in [3.05, 3.63) is 47.7 Å². The highest BCUT2D eigenvalue weighted by molar-refractivity contribution is 5.89. The van der Waals surface area contributed by atoms with Crippen molar-refractivity contribution in [1.29, 1.82) is 0 Å². The number of pyridine rings is 1. The van der Waals surface area contributed by atoms with Crippen LogP contribution < -0.4 is 10.2 Å². The Morgan fingerprint density at radius 1 is 0.968 bits per heavy atom. The third-order valence-corrected chi connectivity index (χ3v) is 6.75. The van der Waals surface area contributed by atoms with Gasteiger partial charge < -0.3 is 15.3 Å². The number of piperidine rings is 1. The molecule has 0 spiro atoms. The van der Waals surface area contributed by atoms with E-state index in [1.54, 1.807) is 0 Å². The van der Waals surface area contributed by atoms with Gasteiger partial charge in [-0.25, -0.2) is 4.98 Å². The number of fused-ring (bicyclic) bond motifs is 1. The number of anilines is 1. The lowest BCUT2D eigenvalue weighted by molar-refractivity contribution is 0.140. The number of aliphatic hydroxyl groups is 1. The smallest absolute Gasteiger partial charge is 0.138 e. The maximum atomic E-state index is 10.2. The van der Waals surface area contributed by atoms with Crippen LogP contribution in [-0.2, 0) is 0 Å². The fourth-order valence-electron chi connectivity index (χ4n) is 4.95. The molecule has 0 amide bonds. The number of nitrogens with zero attached hydrogens (tertiary/aromatic N) is 4. The fraction of sp³-hybridized carbons (Fsp3) is 0.480. The van der Waals surface area contributed by atoms with Crippen molar-refractivity contribution in [2.24, 2.45) is 0 Å². The Kier molecular flexibility index (Phi) is 5.59. The van der Waals surface area contributed by atoms with E-state index in [-0.39, 0.29) is 12.1 Å². The van der Waals surface area contributed by atoms with E-state index in [9.17, 15) is 5.11 Å². The summed E-state index contributed by atoms with van der Waals surface area (Å²) in [4.78, 5) is 7.47. The van der Waals surface area contributed by atoms with Gasteiger partial charge in [0.25, 0.3) is 0 Å². The normalized spacial score (nSPS) is 22.4. The zero-order chi connectivity index (χ0) is 21.4. The highest BCUT2D eigenvalue weighted by atomic mass is 16.3. The minimum Gasteiger partial charge on any atom is -0.392 e. The topological polar surface area (TPSA) is 74.2 Å². The van der Waals surface area contributed by atoms with E-state index in [2.05, 4.69) is 51.6 Å². The van der Waals surface area contributed by atoms with Crippen molar-refractivity contribution in [3.63, 3.8) is 0 Å². The Morgan fingerprint density at radius 2 is 1.81 bits per heavy atom. The van der Waals surface area contributed by atoms with E-state index in [1.807, 2.05) is 19.1 Å². The van der Waals surface area contributed by atoms with E-state index in [0.717, 1.165) is 78.9 Å². The first kappa shape index (κ1) is 20.3. The number of rotatable bonds is 4. The largest absolute Gasteiger partial charge is 0.392 e. The van der Waals surface area contributed by atoms with Crippen molar-refractivity contribution < 1.29 is 5.11 Å². The number of aliphatic hydroxyl groups excluding tert-OH is 1. The molecule has 5 rings (SSSR count). The molecule has 2 aliphatic rings. The second kappa shape index (κ2) is 8.52. The van der Waals surface area contributed by atoms with Crippen LogP contribution in [0.5, 0.6) is 0 Å². The molecule has 1 aliphatic heterocycles. The summed E-state index contributed by atoms with van der Waals surface area (Å²) >= 11 is 0. The number of hydrogen-bond acceptors (Lipinski definition) is 6. The van der Waals surface area contributed by atoms with Gasteiger partial charge in [0.05, 0.1) is 23.0 Å². The summed E-state index contributed by atoms with van der Waals surface area (Å²) in [5.41, 5.74) is 5.06. The average Bonchev–Trinajstić information content (AvgIpc) is 3.18. The van der Waals surface area contributed by atoms with Gasteiger partial charge in [-0.3, -0.25) is 0 Å². The molecule has 3 aromatic rings. The quantitative estimate of drug-likeness (QED) is 0.673. The van der Waals surface area contributed by atoms with Gasteiger partial charge in [0.2, 0.25) is 0 Å². The molecular formula is C25H31N5O. The summed E-state index contributed by atoms with van der Waals surface area (Å²) in [6, 6.07) is 13.4. The van der Waals surface area contributed by atoms with Crippen molar-refractivity contribution in [2.75, 3.05) is 18.0 Å². The van der Waals surface area contributed by atoms with Crippen LogP contribution in [0.25, 0.3) is 22.2 Å². The Morgan fingerprint density at radius 3 is 2.52 bits per heavy atom. The third-order valence-electron chi connectivity index (χ3n) is 6.75. The average molecular weight is 418 g/mol. The first-order valence-electron chi connectivity index (χ1n) is 11.5. The summed E-state index contributed by atoms with van der Waals surface area (Å²) in [5, 5.41) is 23.8. The van der Waals surface area contributed by atoms with Crippen LogP contribution in [0.2, 0.25) is 0 Å². The molecule has 1 aromatic carbocycles.